The number of benzene rings is 2. The van der Waals surface area contributed by atoms with Crippen LogP contribution >= 0.6 is 0 Å². The summed E-state index contributed by atoms with van der Waals surface area (Å²) in [7, 11) is 0. The van der Waals surface area contributed by atoms with E-state index in [4.69, 9.17) is 4.74 Å². The van der Waals surface area contributed by atoms with Gasteiger partial charge in [0, 0.05) is 18.9 Å². The van der Waals surface area contributed by atoms with Crippen LogP contribution in [0.4, 0.5) is 0 Å². The number of hydrogen-bond acceptors (Lipinski definition) is 5. The van der Waals surface area contributed by atoms with Crippen LogP contribution < -0.4 is 10.1 Å². The lowest BCUT2D eigenvalue weighted by atomic mass is 10.0. The molecule has 156 valence electrons. The molecule has 3 rings (SSSR count). The zero-order chi connectivity index (χ0) is 22.1. The highest BCUT2D eigenvalue weighted by molar-refractivity contribution is 6.22. The largest absolute Gasteiger partial charge is 0.427 e. The lowest BCUT2D eigenvalue weighted by molar-refractivity contribution is -0.132. The van der Waals surface area contributed by atoms with E-state index in [1.165, 1.54) is 6.92 Å². The molecule has 0 aromatic heterocycles. The number of fused-ring (bicyclic) bond motifs is 1. The van der Waals surface area contributed by atoms with Crippen LogP contribution in [-0.4, -0.2) is 40.2 Å². The van der Waals surface area contributed by atoms with Crippen molar-refractivity contribution in [2.24, 2.45) is 0 Å². The fourth-order valence-electron chi connectivity index (χ4n) is 3.33. The second-order valence-electron chi connectivity index (χ2n) is 8.22. The van der Waals surface area contributed by atoms with Gasteiger partial charge in [-0.1, -0.05) is 24.3 Å². The van der Waals surface area contributed by atoms with Crippen molar-refractivity contribution in [3.05, 3.63) is 65.2 Å². The molecular formula is C23H24N2O5. The van der Waals surface area contributed by atoms with E-state index < -0.39 is 35.3 Å². The molecule has 2 aromatic rings. The van der Waals surface area contributed by atoms with Gasteiger partial charge in [0.2, 0.25) is 5.91 Å². The Morgan fingerprint density at radius 2 is 1.50 bits per heavy atom. The Morgan fingerprint density at radius 3 is 1.97 bits per heavy atom. The predicted octanol–water partition coefficient (Wildman–Crippen LogP) is 2.73. The molecule has 3 amide bonds. The van der Waals surface area contributed by atoms with Gasteiger partial charge in [-0.15, -0.1) is 0 Å². The van der Waals surface area contributed by atoms with E-state index in [0.717, 1.165) is 10.5 Å². The number of amides is 3. The number of ether oxygens (including phenoxy) is 1. The summed E-state index contributed by atoms with van der Waals surface area (Å²) in [6.45, 7) is 6.80. The molecule has 0 bridgehead atoms. The minimum absolute atomic E-state index is 0.133. The first kappa shape index (κ1) is 21.2. The average molecular weight is 408 g/mol. The smallest absolute Gasteiger partial charge is 0.308 e. The minimum Gasteiger partial charge on any atom is -0.427 e. The van der Waals surface area contributed by atoms with Gasteiger partial charge < -0.3 is 10.1 Å². The lowest BCUT2D eigenvalue weighted by Crippen LogP contribution is -2.54. The Labute approximate surface area is 175 Å². The van der Waals surface area contributed by atoms with Crippen LogP contribution in [0.2, 0.25) is 0 Å². The summed E-state index contributed by atoms with van der Waals surface area (Å²) in [5.41, 5.74) is 0.770. The molecule has 7 heteroatoms. The van der Waals surface area contributed by atoms with Crippen LogP contribution in [0.3, 0.4) is 0 Å². The maximum absolute atomic E-state index is 13.1. The summed E-state index contributed by atoms with van der Waals surface area (Å²) in [5.74, 6) is -1.44. The number of carbonyl (C=O) groups is 4. The van der Waals surface area contributed by atoms with Crippen LogP contribution in [0.25, 0.3) is 0 Å². The van der Waals surface area contributed by atoms with Crippen LogP contribution in [0.5, 0.6) is 5.75 Å². The molecule has 30 heavy (non-hydrogen) atoms. The quantitative estimate of drug-likeness (QED) is 0.467. The second-order valence-corrected chi connectivity index (χ2v) is 8.22. The van der Waals surface area contributed by atoms with E-state index in [9.17, 15) is 19.2 Å². The zero-order valence-electron chi connectivity index (χ0n) is 17.4. The Balaban J connectivity index is 1.92. The topological polar surface area (TPSA) is 92.8 Å². The Morgan fingerprint density at radius 1 is 0.967 bits per heavy atom. The molecule has 0 aliphatic carbocycles. The number of esters is 1. The first-order valence-electron chi connectivity index (χ1n) is 9.63. The highest BCUT2D eigenvalue weighted by Crippen LogP contribution is 2.27. The number of hydrogen-bond donors (Lipinski definition) is 1. The molecule has 0 fully saturated rings. The van der Waals surface area contributed by atoms with E-state index in [-0.39, 0.29) is 6.42 Å². The van der Waals surface area contributed by atoms with Gasteiger partial charge in [-0.3, -0.25) is 24.1 Å². The van der Waals surface area contributed by atoms with E-state index in [1.807, 2.05) is 20.8 Å². The molecule has 7 nitrogen and oxygen atoms in total. The Kier molecular flexibility index (Phi) is 5.73. The van der Waals surface area contributed by atoms with Crippen molar-refractivity contribution in [1.82, 2.24) is 10.2 Å². The first-order valence-corrected chi connectivity index (χ1v) is 9.63. The molecule has 0 saturated carbocycles. The second kappa shape index (κ2) is 8.10. The van der Waals surface area contributed by atoms with Gasteiger partial charge in [0.25, 0.3) is 11.8 Å². The molecule has 2 aromatic carbocycles. The third-order valence-corrected chi connectivity index (χ3v) is 4.55. The van der Waals surface area contributed by atoms with E-state index in [1.54, 1.807) is 48.5 Å². The molecule has 1 aliphatic heterocycles. The van der Waals surface area contributed by atoms with Gasteiger partial charge in [0.05, 0.1) is 11.1 Å². The van der Waals surface area contributed by atoms with Crippen molar-refractivity contribution in [3.63, 3.8) is 0 Å². The summed E-state index contributed by atoms with van der Waals surface area (Å²) in [5, 5.41) is 2.87. The highest BCUT2D eigenvalue weighted by Gasteiger charge is 2.43. The van der Waals surface area contributed by atoms with Gasteiger partial charge in [0.15, 0.2) is 0 Å². The Bertz CT molecular complexity index is 970. The van der Waals surface area contributed by atoms with Gasteiger partial charge in [0.1, 0.15) is 11.8 Å². The van der Waals surface area contributed by atoms with Crippen LogP contribution in [0, 0.1) is 0 Å². The number of imide groups is 1. The maximum Gasteiger partial charge on any atom is 0.308 e. The first-order chi connectivity index (χ1) is 14.1. The summed E-state index contributed by atoms with van der Waals surface area (Å²) < 4.78 is 5.03. The SMILES string of the molecule is CC(=O)Oc1ccc(CC(C(=O)NC(C)(C)C)N2C(=O)c3ccccc3C2=O)cc1. The summed E-state index contributed by atoms with van der Waals surface area (Å²) >= 11 is 0. The summed E-state index contributed by atoms with van der Waals surface area (Å²) in [4.78, 5) is 51.1. The van der Waals surface area contributed by atoms with E-state index >= 15 is 0 Å². The van der Waals surface area contributed by atoms with Gasteiger partial charge in [-0.05, 0) is 50.6 Å². The molecule has 1 atom stereocenters. The maximum atomic E-state index is 13.1. The third kappa shape index (κ3) is 4.56. The van der Waals surface area contributed by atoms with Gasteiger partial charge in [-0.25, -0.2) is 0 Å². The molecular weight excluding hydrogens is 384 g/mol. The number of nitrogens with one attached hydrogen (secondary N) is 1. The van der Waals surface area contributed by atoms with E-state index in [2.05, 4.69) is 5.32 Å². The van der Waals surface area contributed by atoms with Gasteiger partial charge in [-0.2, -0.15) is 0 Å². The summed E-state index contributed by atoms with van der Waals surface area (Å²) in [6, 6.07) is 12.1. The summed E-state index contributed by atoms with van der Waals surface area (Å²) in [6.07, 6.45) is 0.133. The van der Waals surface area contributed by atoms with E-state index in [0.29, 0.717) is 16.9 Å². The standard InChI is InChI=1S/C23H24N2O5/c1-14(26)30-16-11-9-15(10-12-16)13-19(20(27)24-23(2,3)4)25-21(28)17-7-5-6-8-18(17)22(25)29/h5-12,19H,13H2,1-4H3,(H,24,27). The molecule has 1 heterocycles. The minimum atomic E-state index is -1.02. The monoisotopic (exact) mass is 408 g/mol. The van der Waals surface area contributed by atoms with Crippen molar-refractivity contribution in [3.8, 4) is 5.75 Å². The Hall–Kier alpha value is -3.48. The zero-order valence-corrected chi connectivity index (χ0v) is 17.4. The highest BCUT2D eigenvalue weighted by atomic mass is 16.5. The van der Waals surface area contributed by atoms with Crippen LogP contribution in [0.1, 0.15) is 54.0 Å². The molecule has 0 saturated heterocycles. The van der Waals surface area contributed by atoms with Crippen molar-refractivity contribution < 1.29 is 23.9 Å². The third-order valence-electron chi connectivity index (χ3n) is 4.55. The van der Waals surface area contributed by atoms with Crippen molar-refractivity contribution >= 4 is 23.7 Å². The van der Waals surface area contributed by atoms with Gasteiger partial charge >= 0.3 is 5.97 Å². The van der Waals surface area contributed by atoms with Crippen molar-refractivity contribution in [2.45, 2.75) is 45.7 Å². The molecule has 0 spiro atoms. The number of carbonyl (C=O) groups excluding carboxylic acids is 4. The fraction of sp³-hybridized carbons (Fsp3) is 0.304. The number of nitrogens with zero attached hydrogens (tertiary/aromatic N) is 1. The molecule has 1 aliphatic rings. The number of rotatable bonds is 5. The molecule has 1 unspecified atom stereocenters. The fourth-order valence-corrected chi connectivity index (χ4v) is 3.33. The molecule has 1 N–H and O–H groups in total. The molecule has 0 radical (unpaired) electrons. The van der Waals surface area contributed by atoms with Crippen LogP contribution in [0.15, 0.2) is 48.5 Å². The van der Waals surface area contributed by atoms with Crippen molar-refractivity contribution in [2.75, 3.05) is 0 Å². The van der Waals surface area contributed by atoms with Crippen LogP contribution in [-0.2, 0) is 16.0 Å². The van der Waals surface area contributed by atoms with Crippen molar-refractivity contribution in [1.29, 1.82) is 0 Å². The predicted molar refractivity (Wildman–Crippen MR) is 110 cm³/mol. The lowest BCUT2D eigenvalue weighted by Gasteiger charge is -2.29. The average Bonchev–Trinajstić information content (AvgIpc) is 2.90. The normalized spacial score (nSPS) is 14.3.